The predicted octanol–water partition coefficient (Wildman–Crippen LogP) is 5.80. The number of nitrogens with zero attached hydrogens (tertiary/aromatic N) is 1. The summed E-state index contributed by atoms with van der Waals surface area (Å²) in [6, 6.07) is 22.5. The Kier molecular flexibility index (Phi) is 6.73. The summed E-state index contributed by atoms with van der Waals surface area (Å²) in [6.45, 7) is 3.89. The normalized spacial score (nSPS) is 15.4. The van der Waals surface area contributed by atoms with Gasteiger partial charge in [-0.1, -0.05) is 25.1 Å². The molecule has 1 amide bonds. The van der Waals surface area contributed by atoms with Crippen LogP contribution >= 0.6 is 0 Å². The third-order valence-electron chi connectivity index (χ3n) is 6.69. The molecule has 1 aliphatic rings. The summed E-state index contributed by atoms with van der Waals surface area (Å²) >= 11 is 0. The SMILES string of the molecule is CCC1CCN(C(=O)c2ccc(-c3ccc4[nH]ccc4c3)c(OCCCN)c2)c2ccccc2N1. The van der Waals surface area contributed by atoms with Crippen LogP contribution in [-0.2, 0) is 0 Å². The van der Waals surface area contributed by atoms with E-state index >= 15 is 0 Å². The van der Waals surface area contributed by atoms with E-state index in [9.17, 15) is 4.79 Å². The Morgan fingerprint density at radius 3 is 2.86 bits per heavy atom. The molecule has 1 aromatic heterocycles. The molecule has 4 N–H and O–H groups in total. The van der Waals surface area contributed by atoms with Gasteiger partial charge in [0.25, 0.3) is 5.91 Å². The maximum atomic E-state index is 13.8. The third kappa shape index (κ3) is 4.75. The molecule has 0 saturated heterocycles. The van der Waals surface area contributed by atoms with Crippen molar-refractivity contribution in [1.82, 2.24) is 4.98 Å². The minimum absolute atomic E-state index is 0.0210. The third-order valence-corrected chi connectivity index (χ3v) is 6.69. The molecule has 0 spiro atoms. The fourth-order valence-electron chi connectivity index (χ4n) is 4.70. The highest BCUT2D eigenvalue weighted by Gasteiger charge is 2.26. The van der Waals surface area contributed by atoms with Crippen molar-refractivity contribution in [2.45, 2.75) is 32.2 Å². The summed E-state index contributed by atoms with van der Waals surface area (Å²) in [5, 5.41) is 4.74. The Morgan fingerprint density at radius 2 is 2.00 bits per heavy atom. The standard InChI is InChI=1S/C29H32N4O2/c1-2-23-13-16-33(27-7-4-3-6-26(27)32-23)29(34)22-8-10-24(28(19-22)35-17-5-14-30)20-9-11-25-21(18-20)12-15-31-25/h3-4,6-12,15,18-19,23,31-32H,2,5,13-14,16-17,30H2,1H3. The van der Waals surface area contributed by atoms with Crippen LogP contribution in [0.4, 0.5) is 11.4 Å². The molecular formula is C29H32N4O2. The van der Waals surface area contributed by atoms with Gasteiger partial charge in [-0.05, 0) is 85.3 Å². The van der Waals surface area contributed by atoms with Gasteiger partial charge in [-0.25, -0.2) is 0 Å². The molecule has 1 aliphatic heterocycles. The summed E-state index contributed by atoms with van der Waals surface area (Å²) in [5.74, 6) is 0.680. The number of carbonyl (C=O) groups excluding carboxylic acids is 1. The van der Waals surface area contributed by atoms with Gasteiger partial charge < -0.3 is 25.7 Å². The Morgan fingerprint density at radius 1 is 1.11 bits per heavy atom. The second kappa shape index (κ2) is 10.2. The van der Waals surface area contributed by atoms with Crippen molar-refractivity contribution in [3.8, 4) is 16.9 Å². The fourth-order valence-corrected chi connectivity index (χ4v) is 4.70. The molecule has 0 radical (unpaired) electrons. The number of para-hydroxylation sites is 2. The van der Waals surface area contributed by atoms with Gasteiger partial charge in [0, 0.05) is 35.4 Å². The molecule has 1 unspecified atom stereocenters. The molecule has 1 atom stereocenters. The zero-order valence-electron chi connectivity index (χ0n) is 20.1. The van der Waals surface area contributed by atoms with Crippen molar-refractivity contribution in [2.24, 2.45) is 5.73 Å². The molecule has 0 bridgehead atoms. The molecule has 180 valence electrons. The smallest absolute Gasteiger partial charge is 0.258 e. The summed E-state index contributed by atoms with van der Waals surface area (Å²) in [6.07, 6.45) is 4.59. The van der Waals surface area contributed by atoms with Crippen LogP contribution in [-0.4, -0.2) is 36.6 Å². The van der Waals surface area contributed by atoms with E-state index < -0.39 is 0 Å². The fraction of sp³-hybridized carbons (Fsp3) is 0.276. The van der Waals surface area contributed by atoms with Gasteiger partial charge in [0.2, 0.25) is 0 Å². The zero-order valence-corrected chi connectivity index (χ0v) is 20.1. The van der Waals surface area contributed by atoms with Crippen molar-refractivity contribution in [2.75, 3.05) is 29.9 Å². The number of benzene rings is 3. The number of amides is 1. The van der Waals surface area contributed by atoms with Crippen molar-refractivity contribution in [3.05, 3.63) is 78.5 Å². The van der Waals surface area contributed by atoms with Crippen molar-refractivity contribution < 1.29 is 9.53 Å². The quantitative estimate of drug-likeness (QED) is 0.299. The lowest BCUT2D eigenvalue weighted by molar-refractivity contribution is 0.0986. The number of rotatable bonds is 7. The van der Waals surface area contributed by atoms with Gasteiger partial charge in [0.1, 0.15) is 5.75 Å². The number of nitrogens with one attached hydrogen (secondary N) is 2. The van der Waals surface area contributed by atoms with E-state index in [1.165, 1.54) is 0 Å². The maximum absolute atomic E-state index is 13.8. The first-order valence-electron chi connectivity index (χ1n) is 12.4. The molecule has 5 rings (SSSR count). The number of aromatic amines is 1. The summed E-state index contributed by atoms with van der Waals surface area (Å²) < 4.78 is 6.16. The number of nitrogens with two attached hydrogens (primary N) is 1. The van der Waals surface area contributed by atoms with Crippen LogP contribution in [0.3, 0.4) is 0 Å². The highest BCUT2D eigenvalue weighted by Crippen LogP contribution is 2.35. The van der Waals surface area contributed by atoms with E-state index in [1.807, 2.05) is 53.6 Å². The van der Waals surface area contributed by atoms with Gasteiger partial charge in [-0.15, -0.1) is 0 Å². The lowest BCUT2D eigenvalue weighted by Gasteiger charge is -2.23. The minimum atomic E-state index is -0.0210. The molecule has 0 fully saturated rings. The number of anilines is 2. The van der Waals surface area contributed by atoms with E-state index in [4.69, 9.17) is 10.5 Å². The number of fused-ring (bicyclic) bond motifs is 2. The lowest BCUT2D eigenvalue weighted by Crippen LogP contribution is -2.32. The number of hydrogen-bond acceptors (Lipinski definition) is 4. The van der Waals surface area contributed by atoms with Gasteiger partial charge in [0.05, 0.1) is 18.0 Å². The van der Waals surface area contributed by atoms with Crippen LogP contribution in [0.15, 0.2) is 72.9 Å². The monoisotopic (exact) mass is 468 g/mol. The predicted molar refractivity (Wildman–Crippen MR) is 143 cm³/mol. The van der Waals surface area contributed by atoms with Crippen LogP contribution < -0.4 is 20.7 Å². The Hall–Kier alpha value is -3.77. The number of carbonyl (C=O) groups is 1. The van der Waals surface area contributed by atoms with Crippen molar-refractivity contribution in [3.63, 3.8) is 0 Å². The molecule has 6 nitrogen and oxygen atoms in total. The van der Waals surface area contributed by atoms with Crippen LogP contribution in [0.25, 0.3) is 22.0 Å². The van der Waals surface area contributed by atoms with Crippen LogP contribution in [0, 0.1) is 0 Å². The van der Waals surface area contributed by atoms with Crippen LogP contribution in [0.1, 0.15) is 36.5 Å². The Bertz CT molecular complexity index is 1330. The molecule has 0 saturated carbocycles. The van der Waals surface area contributed by atoms with E-state index in [0.29, 0.717) is 37.1 Å². The first-order valence-corrected chi connectivity index (χ1v) is 12.4. The molecule has 6 heteroatoms. The number of H-pyrrole nitrogens is 1. The molecule has 35 heavy (non-hydrogen) atoms. The second-order valence-electron chi connectivity index (χ2n) is 8.99. The van der Waals surface area contributed by atoms with Crippen molar-refractivity contribution in [1.29, 1.82) is 0 Å². The van der Waals surface area contributed by atoms with Gasteiger partial charge >= 0.3 is 0 Å². The van der Waals surface area contributed by atoms with Gasteiger partial charge in [-0.2, -0.15) is 0 Å². The summed E-state index contributed by atoms with van der Waals surface area (Å²) in [7, 11) is 0. The first-order chi connectivity index (χ1) is 17.2. The number of hydrogen-bond donors (Lipinski definition) is 3. The summed E-state index contributed by atoms with van der Waals surface area (Å²) in [4.78, 5) is 18.9. The largest absolute Gasteiger partial charge is 0.493 e. The van der Waals surface area contributed by atoms with E-state index in [1.54, 1.807) is 0 Å². The minimum Gasteiger partial charge on any atom is -0.493 e. The average molecular weight is 469 g/mol. The lowest BCUT2D eigenvalue weighted by atomic mass is 10.0. The Balaban J connectivity index is 1.51. The summed E-state index contributed by atoms with van der Waals surface area (Å²) in [5.41, 5.74) is 11.3. The molecular weight excluding hydrogens is 436 g/mol. The highest BCUT2D eigenvalue weighted by atomic mass is 16.5. The molecule has 0 aliphatic carbocycles. The highest BCUT2D eigenvalue weighted by molar-refractivity contribution is 6.08. The first kappa shape index (κ1) is 23.0. The average Bonchev–Trinajstić information content (AvgIpc) is 3.28. The number of ether oxygens (including phenoxy) is 1. The van der Waals surface area contributed by atoms with Crippen LogP contribution in [0.2, 0.25) is 0 Å². The number of aromatic nitrogens is 1. The molecule has 4 aromatic rings. The molecule has 3 aromatic carbocycles. The Labute approximate surface area is 206 Å². The van der Waals surface area contributed by atoms with Crippen molar-refractivity contribution >= 4 is 28.2 Å². The molecule has 2 heterocycles. The van der Waals surface area contributed by atoms with Gasteiger partial charge in [0.15, 0.2) is 0 Å². The van der Waals surface area contributed by atoms with Crippen LogP contribution in [0.5, 0.6) is 5.75 Å². The van der Waals surface area contributed by atoms with Gasteiger partial charge in [-0.3, -0.25) is 4.79 Å². The van der Waals surface area contributed by atoms with E-state index in [-0.39, 0.29) is 5.91 Å². The maximum Gasteiger partial charge on any atom is 0.258 e. The second-order valence-corrected chi connectivity index (χ2v) is 8.99. The van der Waals surface area contributed by atoms with E-state index in [0.717, 1.165) is 52.7 Å². The van der Waals surface area contributed by atoms with E-state index in [2.05, 4.69) is 41.5 Å². The zero-order chi connectivity index (χ0) is 24.2. The topological polar surface area (TPSA) is 83.4 Å².